The van der Waals surface area contributed by atoms with Gasteiger partial charge >= 0.3 is 0 Å². The summed E-state index contributed by atoms with van der Waals surface area (Å²) in [5.41, 5.74) is 6.69. The van der Waals surface area contributed by atoms with E-state index in [0.717, 1.165) is 28.7 Å². The maximum atomic E-state index is 12.3. The Morgan fingerprint density at radius 1 is 1.08 bits per heavy atom. The number of fused-ring (bicyclic) bond motifs is 1. The van der Waals surface area contributed by atoms with Gasteiger partial charge in [0.2, 0.25) is 0 Å². The number of aryl methyl sites for hydroxylation is 1. The minimum atomic E-state index is -0.515. The molecule has 5 nitrogen and oxygen atoms in total. The first-order valence-electron chi connectivity index (χ1n) is 7.78. The smallest absolute Gasteiger partial charge is 0.267 e. The molecule has 2 aromatic carbocycles. The quantitative estimate of drug-likeness (QED) is 0.407. The first-order chi connectivity index (χ1) is 12.2. The van der Waals surface area contributed by atoms with Gasteiger partial charge in [-0.25, -0.2) is 5.43 Å². The number of hydrogen-bond donors (Lipinski definition) is 1. The zero-order valence-electron chi connectivity index (χ0n) is 13.4. The van der Waals surface area contributed by atoms with E-state index in [9.17, 15) is 10.1 Å². The fourth-order valence-corrected chi connectivity index (χ4v) is 2.81. The Morgan fingerprint density at radius 3 is 2.56 bits per heavy atom. The van der Waals surface area contributed by atoms with Crippen LogP contribution in [0.25, 0.3) is 5.57 Å². The van der Waals surface area contributed by atoms with E-state index in [1.54, 1.807) is 24.3 Å². The van der Waals surface area contributed by atoms with Gasteiger partial charge in [-0.1, -0.05) is 36.4 Å². The van der Waals surface area contributed by atoms with Crippen LogP contribution >= 0.6 is 0 Å². The lowest BCUT2D eigenvalue weighted by Crippen LogP contribution is -2.20. The third kappa shape index (κ3) is 3.46. The number of carbonyl (C=O) groups is 1. The second kappa shape index (κ2) is 7.25. The molecule has 1 N–H and O–H groups in total. The molecule has 3 rings (SSSR count). The summed E-state index contributed by atoms with van der Waals surface area (Å²) >= 11 is 0. The lowest BCUT2D eigenvalue weighted by atomic mass is 10.0. The van der Waals surface area contributed by atoms with Gasteiger partial charge in [-0.05, 0) is 47.2 Å². The van der Waals surface area contributed by atoms with Crippen LogP contribution < -0.4 is 5.43 Å². The van der Waals surface area contributed by atoms with Crippen LogP contribution in [0.15, 0.2) is 59.2 Å². The first kappa shape index (κ1) is 16.2. The molecule has 0 fully saturated rings. The molecule has 1 amide bonds. The molecular weight excluding hydrogens is 312 g/mol. The van der Waals surface area contributed by atoms with Crippen molar-refractivity contribution >= 4 is 17.7 Å². The molecule has 0 spiro atoms. The maximum absolute atomic E-state index is 12.3. The monoisotopic (exact) mass is 326 g/mol. The van der Waals surface area contributed by atoms with Gasteiger partial charge in [-0.15, -0.1) is 0 Å². The number of hydrogen-bond acceptors (Lipinski definition) is 4. The van der Waals surface area contributed by atoms with Crippen LogP contribution in [-0.2, 0) is 11.2 Å². The third-order valence-corrected chi connectivity index (χ3v) is 4.05. The number of carbonyl (C=O) groups excluding carboxylic acids is 1. The molecule has 0 saturated heterocycles. The summed E-state index contributed by atoms with van der Waals surface area (Å²) in [5, 5.41) is 22.1. The zero-order chi connectivity index (χ0) is 17.6. The molecule has 0 heterocycles. The predicted molar refractivity (Wildman–Crippen MR) is 94.2 cm³/mol. The van der Waals surface area contributed by atoms with Gasteiger partial charge in [0.25, 0.3) is 5.91 Å². The summed E-state index contributed by atoms with van der Waals surface area (Å²) < 4.78 is 0. The average Bonchev–Trinajstić information content (AvgIpc) is 3.07. The van der Waals surface area contributed by atoms with E-state index in [4.69, 9.17) is 5.26 Å². The summed E-state index contributed by atoms with van der Waals surface area (Å²) in [6.45, 7) is 0. The Hall–Kier alpha value is -3.70. The van der Waals surface area contributed by atoms with Crippen molar-refractivity contribution in [2.75, 3.05) is 0 Å². The van der Waals surface area contributed by atoms with Gasteiger partial charge in [0.1, 0.15) is 11.6 Å². The number of nitrogens with zero attached hydrogens (tertiary/aromatic N) is 3. The molecule has 2 aromatic rings. The molecule has 0 bridgehead atoms. The number of benzene rings is 2. The Kier molecular flexibility index (Phi) is 4.69. The minimum Gasteiger partial charge on any atom is -0.267 e. The largest absolute Gasteiger partial charge is 0.282 e. The molecule has 1 aliphatic carbocycles. The van der Waals surface area contributed by atoms with Crippen molar-refractivity contribution in [3.8, 4) is 12.1 Å². The van der Waals surface area contributed by atoms with Crippen LogP contribution in [0, 0.1) is 22.7 Å². The van der Waals surface area contributed by atoms with Gasteiger partial charge in [-0.3, -0.25) is 4.79 Å². The summed E-state index contributed by atoms with van der Waals surface area (Å²) in [6, 6.07) is 18.6. The second-order valence-corrected chi connectivity index (χ2v) is 5.56. The van der Waals surface area contributed by atoms with Crippen LogP contribution in [0.2, 0.25) is 0 Å². The normalized spacial score (nSPS) is 14.5. The Bertz CT molecular complexity index is 956. The Labute approximate surface area is 145 Å². The number of amides is 1. The molecule has 5 heteroatoms. The van der Waals surface area contributed by atoms with Crippen LogP contribution in [0.1, 0.15) is 28.7 Å². The van der Waals surface area contributed by atoms with E-state index in [-0.39, 0.29) is 5.57 Å². The maximum Gasteiger partial charge on any atom is 0.282 e. The summed E-state index contributed by atoms with van der Waals surface area (Å²) in [4.78, 5) is 12.3. The second-order valence-electron chi connectivity index (χ2n) is 5.56. The van der Waals surface area contributed by atoms with Gasteiger partial charge in [0.15, 0.2) is 0 Å². The summed E-state index contributed by atoms with van der Waals surface area (Å²) in [7, 11) is 0. The van der Waals surface area contributed by atoms with Crippen molar-refractivity contribution in [3.05, 3.63) is 76.4 Å². The van der Waals surface area contributed by atoms with E-state index < -0.39 is 5.91 Å². The van der Waals surface area contributed by atoms with Crippen molar-refractivity contribution in [1.82, 2.24) is 5.43 Å². The zero-order valence-corrected chi connectivity index (χ0v) is 13.4. The van der Waals surface area contributed by atoms with Crippen LogP contribution in [0.3, 0.4) is 0 Å². The average molecular weight is 326 g/mol. The van der Waals surface area contributed by atoms with E-state index >= 15 is 0 Å². The topological polar surface area (TPSA) is 89.0 Å². The Balaban J connectivity index is 1.76. The molecule has 0 aromatic heterocycles. The van der Waals surface area contributed by atoms with Crippen molar-refractivity contribution in [3.63, 3.8) is 0 Å². The highest BCUT2D eigenvalue weighted by Crippen LogP contribution is 2.34. The Morgan fingerprint density at radius 2 is 1.84 bits per heavy atom. The van der Waals surface area contributed by atoms with Crippen molar-refractivity contribution in [2.24, 2.45) is 5.10 Å². The van der Waals surface area contributed by atoms with Gasteiger partial charge < -0.3 is 0 Å². The lowest BCUT2D eigenvalue weighted by molar-refractivity contribution is -0.117. The van der Waals surface area contributed by atoms with Crippen LogP contribution in [0.4, 0.5) is 0 Å². The highest BCUT2D eigenvalue weighted by atomic mass is 16.2. The molecule has 0 unspecified atom stereocenters. The summed E-state index contributed by atoms with van der Waals surface area (Å²) in [5.74, 6) is -0.515. The minimum absolute atomic E-state index is 0.0990. The molecule has 0 radical (unpaired) electrons. The van der Waals surface area contributed by atoms with Crippen molar-refractivity contribution in [2.45, 2.75) is 12.8 Å². The van der Waals surface area contributed by atoms with E-state index in [2.05, 4.69) is 10.5 Å². The molecule has 0 aliphatic heterocycles. The predicted octanol–water partition coefficient (Wildman–Crippen LogP) is 2.93. The third-order valence-electron chi connectivity index (χ3n) is 4.05. The van der Waals surface area contributed by atoms with Gasteiger partial charge in [-0.2, -0.15) is 15.6 Å². The standard InChI is InChI=1S/C20H14N4O/c21-11-14-5-7-15(8-6-14)13-23-24-20(25)19(12-22)18-10-9-16-3-1-2-4-17(16)18/h1-8,13H,9-10H2,(H,24,25). The lowest BCUT2D eigenvalue weighted by Gasteiger charge is -2.04. The molecule has 120 valence electrons. The molecule has 0 saturated carbocycles. The van der Waals surface area contributed by atoms with Crippen molar-refractivity contribution < 1.29 is 4.79 Å². The molecule has 0 atom stereocenters. The number of nitriles is 2. The number of rotatable bonds is 3. The van der Waals surface area contributed by atoms with Crippen molar-refractivity contribution in [1.29, 1.82) is 10.5 Å². The van der Waals surface area contributed by atoms with Gasteiger partial charge in [0.05, 0.1) is 17.8 Å². The van der Waals surface area contributed by atoms with Crippen LogP contribution in [-0.4, -0.2) is 12.1 Å². The fraction of sp³-hybridized carbons (Fsp3) is 0.100. The van der Waals surface area contributed by atoms with E-state index in [0.29, 0.717) is 12.0 Å². The fourth-order valence-electron chi connectivity index (χ4n) is 2.81. The SMILES string of the molecule is N#CC(C(=O)NN=Cc1ccc(C#N)cc1)=C1CCc2ccccc21. The first-order valence-corrected chi connectivity index (χ1v) is 7.78. The number of allylic oxidation sites excluding steroid dienone is 1. The molecular formula is C20H14N4O. The molecule has 25 heavy (non-hydrogen) atoms. The van der Waals surface area contributed by atoms with E-state index in [1.165, 1.54) is 6.21 Å². The summed E-state index contributed by atoms with van der Waals surface area (Å²) in [6.07, 6.45) is 2.98. The highest BCUT2D eigenvalue weighted by Gasteiger charge is 2.22. The highest BCUT2D eigenvalue weighted by molar-refractivity contribution is 6.05. The van der Waals surface area contributed by atoms with E-state index in [1.807, 2.05) is 36.4 Å². The van der Waals surface area contributed by atoms with Crippen LogP contribution in [0.5, 0.6) is 0 Å². The number of hydrazone groups is 1. The molecule has 1 aliphatic rings. The van der Waals surface area contributed by atoms with Gasteiger partial charge in [0, 0.05) is 0 Å². The number of nitrogens with one attached hydrogen (secondary N) is 1.